The molecule has 2 aliphatic heterocycles. The van der Waals surface area contributed by atoms with E-state index < -0.39 is 5.97 Å². The first-order valence-electron chi connectivity index (χ1n) is 9.49. The molecule has 0 saturated heterocycles. The highest BCUT2D eigenvalue weighted by atomic mass is 32.2. The minimum Gasteiger partial charge on any atom is -0.467 e. The molecule has 4 rings (SSSR count). The van der Waals surface area contributed by atoms with Crippen LogP contribution >= 0.6 is 23.1 Å². The number of rotatable bonds is 7. The second-order valence-corrected chi connectivity index (χ2v) is 8.46. The van der Waals surface area contributed by atoms with Gasteiger partial charge in [-0.25, -0.2) is 9.79 Å². The van der Waals surface area contributed by atoms with E-state index >= 15 is 0 Å². The van der Waals surface area contributed by atoms with Crippen LogP contribution in [0.2, 0.25) is 0 Å². The Hall–Kier alpha value is -2.78. The molecule has 0 saturated carbocycles. The van der Waals surface area contributed by atoms with E-state index in [9.17, 15) is 9.59 Å². The molecule has 0 aliphatic carbocycles. The number of thiophene rings is 1. The maximum Gasteiger partial charge on any atom is 0.338 e. The van der Waals surface area contributed by atoms with Crippen LogP contribution in [0.25, 0.3) is 0 Å². The third kappa shape index (κ3) is 3.95. The summed E-state index contributed by atoms with van der Waals surface area (Å²) in [5.74, 6) is 0.166. The average molecular weight is 444 g/mol. The Morgan fingerprint density at radius 3 is 2.87 bits per heavy atom. The molecule has 0 bridgehead atoms. The van der Waals surface area contributed by atoms with E-state index in [1.807, 2.05) is 40.8 Å². The zero-order valence-corrected chi connectivity index (χ0v) is 18.2. The van der Waals surface area contributed by atoms with Crippen LogP contribution in [0.4, 0.5) is 0 Å². The molecule has 1 atom stereocenters. The zero-order valence-electron chi connectivity index (χ0n) is 16.6. The number of nitrogens with one attached hydrogen (secondary N) is 1. The van der Waals surface area contributed by atoms with E-state index in [1.165, 1.54) is 18.9 Å². The smallest absolute Gasteiger partial charge is 0.338 e. The minimum absolute atomic E-state index is 0.130. The molecule has 0 fully saturated rings. The van der Waals surface area contributed by atoms with Gasteiger partial charge in [0.1, 0.15) is 11.8 Å². The van der Waals surface area contributed by atoms with Gasteiger partial charge in [0.15, 0.2) is 5.17 Å². The molecule has 2 aromatic heterocycles. The molecule has 1 unspecified atom stereocenters. The fourth-order valence-electron chi connectivity index (χ4n) is 3.45. The Kier molecular flexibility index (Phi) is 6.10. The first-order chi connectivity index (χ1) is 14.6. The fourth-order valence-corrected chi connectivity index (χ4v) is 5.22. The van der Waals surface area contributed by atoms with Crippen molar-refractivity contribution in [1.29, 1.82) is 0 Å². The van der Waals surface area contributed by atoms with Gasteiger partial charge in [0.05, 0.1) is 37.6 Å². The molecule has 7 nitrogen and oxygen atoms in total. The summed E-state index contributed by atoms with van der Waals surface area (Å²) in [5, 5.41) is 7.55. The van der Waals surface area contributed by atoms with E-state index in [2.05, 4.69) is 5.32 Å². The number of methoxy groups -OCH3 is 1. The molecular weight excluding hydrogens is 422 g/mol. The predicted octanol–water partition coefficient (Wildman–Crippen LogP) is 4.19. The molecule has 0 aromatic carbocycles. The van der Waals surface area contributed by atoms with Gasteiger partial charge in [-0.05, 0) is 35.4 Å². The normalized spacial score (nSPS) is 18.1. The first kappa shape index (κ1) is 20.5. The standard InChI is InChI=1S/C21H21N3O4S2/c1-3-15-18(20(26)27-2)19(16-7-5-9-29-16)24-13(12-30-21(24)23-15)10-17(25)22-11-14-6-4-8-28-14/h4-9,12,19H,3,10-11H2,1-2H3,(H,22,25). The van der Waals surface area contributed by atoms with Crippen LogP contribution in [0.5, 0.6) is 0 Å². The van der Waals surface area contributed by atoms with Crippen molar-refractivity contribution >= 4 is 40.1 Å². The third-order valence-electron chi connectivity index (χ3n) is 4.82. The summed E-state index contributed by atoms with van der Waals surface area (Å²) in [6.07, 6.45) is 2.36. The van der Waals surface area contributed by atoms with Crippen LogP contribution in [0.15, 0.2) is 67.7 Å². The van der Waals surface area contributed by atoms with Crippen molar-refractivity contribution in [2.24, 2.45) is 4.99 Å². The Morgan fingerprint density at radius 1 is 1.33 bits per heavy atom. The molecule has 1 N–H and O–H groups in total. The van der Waals surface area contributed by atoms with Crippen molar-refractivity contribution in [3.63, 3.8) is 0 Å². The van der Waals surface area contributed by atoms with Gasteiger partial charge in [-0.3, -0.25) is 4.79 Å². The molecule has 1 amide bonds. The zero-order chi connectivity index (χ0) is 21.1. The van der Waals surface area contributed by atoms with Crippen LogP contribution in [0, 0.1) is 0 Å². The SMILES string of the molecule is CCC1=C(C(=O)OC)C(c2cccs2)N2C(CC(=O)NCc3ccco3)=CSC2=N1. The fraction of sp³-hybridized carbons (Fsp3) is 0.286. The molecule has 0 spiro atoms. The van der Waals surface area contributed by atoms with Gasteiger partial charge in [0, 0.05) is 10.6 Å². The quantitative estimate of drug-likeness (QED) is 0.646. The number of carbonyl (C=O) groups excluding carboxylic acids is 2. The molecule has 4 heterocycles. The average Bonchev–Trinajstić information content (AvgIpc) is 3.52. The topological polar surface area (TPSA) is 84.1 Å². The monoisotopic (exact) mass is 443 g/mol. The first-order valence-corrected chi connectivity index (χ1v) is 11.3. The summed E-state index contributed by atoms with van der Waals surface area (Å²) >= 11 is 3.03. The van der Waals surface area contributed by atoms with Gasteiger partial charge < -0.3 is 19.4 Å². The molecular formula is C21H21N3O4S2. The number of ether oxygens (including phenoxy) is 1. The summed E-state index contributed by atoms with van der Waals surface area (Å²) in [4.78, 5) is 33.0. The lowest BCUT2D eigenvalue weighted by atomic mass is 9.98. The second kappa shape index (κ2) is 8.93. The summed E-state index contributed by atoms with van der Waals surface area (Å²) in [6.45, 7) is 2.30. The Balaban J connectivity index is 1.61. The molecule has 0 radical (unpaired) electrons. The van der Waals surface area contributed by atoms with Crippen LogP contribution in [0.1, 0.15) is 36.4 Å². The van der Waals surface area contributed by atoms with Gasteiger partial charge in [0.25, 0.3) is 0 Å². The predicted molar refractivity (Wildman–Crippen MR) is 117 cm³/mol. The summed E-state index contributed by atoms with van der Waals surface area (Å²) in [6, 6.07) is 7.18. The van der Waals surface area contributed by atoms with Gasteiger partial charge in [-0.2, -0.15) is 0 Å². The Labute approximate surface area is 182 Å². The number of furan rings is 1. The van der Waals surface area contributed by atoms with Crippen molar-refractivity contribution in [2.45, 2.75) is 32.4 Å². The van der Waals surface area contributed by atoms with Gasteiger partial charge in [0.2, 0.25) is 5.91 Å². The van der Waals surface area contributed by atoms with E-state index in [4.69, 9.17) is 14.1 Å². The van der Waals surface area contributed by atoms with E-state index in [0.717, 1.165) is 21.4 Å². The Morgan fingerprint density at radius 2 is 2.20 bits per heavy atom. The number of aliphatic imine (C=N–C) groups is 1. The van der Waals surface area contributed by atoms with Gasteiger partial charge in [-0.15, -0.1) is 11.3 Å². The molecule has 30 heavy (non-hydrogen) atoms. The number of fused-ring (bicyclic) bond motifs is 1. The number of nitrogens with zero attached hydrogens (tertiary/aromatic N) is 2. The molecule has 156 valence electrons. The number of allylic oxidation sites excluding steroid dienone is 1. The number of amides is 1. The van der Waals surface area contributed by atoms with Crippen LogP contribution in [0.3, 0.4) is 0 Å². The van der Waals surface area contributed by atoms with Crippen molar-refractivity contribution in [2.75, 3.05) is 7.11 Å². The summed E-state index contributed by atoms with van der Waals surface area (Å²) < 4.78 is 10.4. The summed E-state index contributed by atoms with van der Waals surface area (Å²) in [7, 11) is 1.38. The number of amidine groups is 1. The van der Waals surface area contributed by atoms with Crippen LogP contribution in [-0.4, -0.2) is 29.1 Å². The highest BCUT2D eigenvalue weighted by Crippen LogP contribution is 2.46. The second-order valence-electron chi connectivity index (χ2n) is 6.65. The van der Waals surface area contributed by atoms with Crippen molar-refractivity contribution in [3.05, 3.63) is 68.9 Å². The lowest BCUT2D eigenvalue weighted by Crippen LogP contribution is -2.37. The molecule has 9 heteroatoms. The van der Waals surface area contributed by atoms with Crippen molar-refractivity contribution < 1.29 is 18.7 Å². The lowest BCUT2D eigenvalue weighted by Gasteiger charge is -2.35. The number of hydrogen-bond acceptors (Lipinski definition) is 8. The molecule has 2 aromatic rings. The largest absolute Gasteiger partial charge is 0.467 e. The maximum absolute atomic E-state index is 12.7. The van der Waals surface area contributed by atoms with E-state index in [0.29, 0.717) is 24.3 Å². The third-order valence-corrected chi connectivity index (χ3v) is 6.64. The summed E-state index contributed by atoms with van der Waals surface area (Å²) in [5.41, 5.74) is 2.04. The van der Waals surface area contributed by atoms with Gasteiger partial charge in [-0.1, -0.05) is 24.8 Å². The number of esters is 1. The minimum atomic E-state index is -0.397. The lowest BCUT2D eigenvalue weighted by molar-refractivity contribution is -0.136. The van der Waals surface area contributed by atoms with Crippen molar-refractivity contribution in [1.82, 2.24) is 10.2 Å². The van der Waals surface area contributed by atoms with E-state index in [1.54, 1.807) is 23.7 Å². The van der Waals surface area contributed by atoms with Crippen LogP contribution in [-0.2, 0) is 20.9 Å². The van der Waals surface area contributed by atoms with E-state index in [-0.39, 0.29) is 18.4 Å². The van der Waals surface area contributed by atoms with Crippen molar-refractivity contribution in [3.8, 4) is 0 Å². The van der Waals surface area contributed by atoms with Gasteiger partial charge >= 0.3 is 5.97 Å². The Bertz CT molecular complexity index is 1020. The van der Waals surface area contributed by atoms with Crippen LogP contribution < -0.4 is 5.32 Å². The number of carbonyl (C=O) groups is 2. The highest BCUT2D eigenvalue weighted by Gasteiger charge is 2.41. The molecule has 2 aliphatic rings. The number of thioether (sulfide) groups is 1. The highest BCUT2D eigenvalue weighted by molar-refractivity contribution is 8.16. The number of hydrogen-bond donors (Lipinski definition) is 1. The maximum atomic E-state index is 12.7.